The first-order valence-corrected chi connectivity index (χ1v) is 6.94. The van der Waals surface area contributed by atoms with E-state index < -0.39 is 0 Å². The third kappa shape index (κ3) is 4.20. The Balaban J connectivity index is 0.00000161. The summed E-state index contributed by atoms with van der Waals surface area (Å²) in [4.78, 5) is 4.55. The molecule has 2 unspecified atom stereocenters. The number of guanidine groups is 1. The first-order chi connectivity index (χ1) is 9.72. The van der Waals surface area contributed by atoms with Crippen LogP contribution in [0.1, 0.15) is 23.5 Å². The molecule has 3 nitrogen and oxygen atoms in total. The zero-order valence-electron chi connectivity index (χ0n) is 12.0. The molecule has 2 aromatic carbocycles. The molecule has 0 aromatic heterocycles. The fourth-order valence-corrected chi connectivity index (χ4v) is 2.46. The van der Waals surface area contributed by atoms with E-state index in [4.69, 9.17) is 5.73 Å². The van der Waals surface area contributed by atoms with Crippen molar-refractivity contribution in [2.75, 3.05) is 5.32 Å². The van der Waals surface area contributed by atoms with E-state index in [1.807, 2.05) is 18.2 Å². The summed E-state index contributed by atoms with van der Waals surface area (Å²) in [6.45, 7) is 2.06. The van der Waals surface area contributed by atoms with Crippen LogP contribution in [0.5, 0.6) is 0 Å². The van der Waals surface area contributed by atoms with Gasteiger partial charge in [-0.3, -0.25) is 0 Å². The Hall–Kier alpha value is -1.56. The van der Waals surface area contributed by atoms with Crippen molar-refractivity contribution >= 4 is 35.6 Å². The van der Waals surface area contributed by atoms with E-state index in [1.54, 1.807) is 0 Å². The lowest BCUT2D eigenvalue weighted by molar-refractivity contribution is 0.985. The summed E-state index contributed by atoms with van der Waals surface area (Å²) in [7, 11) is 0. The van der Waals surface area contributed by atoms with E-state index in [9.17, 15) is 0 Å². The van der Waals surface area contributed by atoms with E-state index in [0.29, 0.717) is 17.9 Å². The highest BCUT2D eigenvalue weighted by molar-refractivity contribution is 14.0. The quantitative estimate of drug-likeness (QED) is 0.472. The fourth-order valence-electron chi connectivity index (χ4n) is 2.46. The van der Waals surface area contributed by atoms with Crippen molar-refractivity contribution in [3.05, 3.63) is 65.7 Å². The molecule has 0 radical (unpaired) electrons. The maximum absolute atomic E-state index is 5.98. The Morgan fingerprint density at radius 1 is 1.14 bits per heavy atom. The van der Waals surface area contributed by atoms with Crippen LogP contribution in [0.3, 0.4) is 0 Å². The molecule has 4 heteroatoms. The molecule has 0 bridgehead atoms. The van der Waals surface area contributed by atoms with Gasteiger partial charge in [0.15, 0.2) is 5.96 Å². The van der Waals surface area contributed by atoms with E-state index >= 15 is 0 Å². The Kier molecular flexibility index (Phi) is 5.22. The Morgan fingerprint density at radius 2 is 1.90 bits per heavy atom. The van der Waals surface area contributed by atoms with Crippen molar-refractivity contribution < 1.29 is 0 Å². The van der Waals surface area contributed by atoms with Gasteiger partial charge in [-0.15, -0.1) is 24.0 Å². The Labute approximate surface area is 142 Å². The van der Waals surface area contributed by atoms with Gasteiger partial charge < -0.3 is 11.1 Å². The van der Waals surface area contributed by atoms with Crippen molar-refractivity contribution in [2.45, 2.75) is 25.3 Å². The maximum Gasteiger partial charge on any atom is 0.193 e. The zero-order valence-corrected chi connectivity index (χ0v) is 14.3. The highest BCUT2D eigenvalue weighted by atomic mass is 127. The molecule has 3 N–H and O–H groups in total. The first kappa shape index (κ1) is 15.8. The van der Waals surface area contributed by atoms with Crippen LogP contribution in [-0.2, 0) is 0 Å². The summed E-state index contributed by atoms with van der Waals surface area (Å²) in [5.74, 6) is 1.02. The lowest BCUT2D eigenvalue weighted by Crippen LogP contribution is -2.23. The molecule has 1 aliphatic rings. The summed E-state index contributed by atoms with van der Waals surface area (Å²) in [6, 6.07) is 18.9. The second kappa shape index (κ2) is 6.93. The number of anilines is 1. The van der Waals surface area contributed by atoms with Crippen LogP contribution < -0.4 is 11.1 Å². The monoisotopic (exact) mass is 393 g/mol. The maximum atomic E-state index is 5.98. The lowest BCUT2D eigenvalue weighted by Gasteiger charge is -2.06. The highest BCUT2D eigenvalue weighted by Gasteiger charge is 2.38. The largest absolute Gasteiger partial charge is 0.370 e. The zero-order chi connectivity index (χ0) is 13.9. The van der Waals surface area contributed by atoms with Gasteiger partial charge in [0, 0.05) is 11.6 Å². The molecule has 0 spiro atoms. The SMILES string of the molecule is Cc1cccc(NC(N)=NC2CC2c2ccccc2)c1.I. The second-order valence-corrected chi connectivity index (χ2v) is 5.33. The van der Waals surface area contributed by atoms with E-state index in [0.717, 1.165) is 12.1 Å². The van der Waals surface area contributed by atoms with Crippen LogP contribution in [-0.4, -0.2) is 12.0 Å². The van der Waals surface area contributed by atoms with Gasteiger partial charge in [0.05, 0.1) is 6.04 Å². The molecule has 2 aromatic rings. The molecule has 0 heterocycles. The average molecular weight is 393 g/mol. The second-order valence-electron chi connectivity index (χ2n) is 5.33. The van der Waals surface area contributed by atoms with Gasteiger partial charge >= 0.3 is 0 Å². The molecular formula is C17H20IN3. The Bertz CT molecular complexity index is 625. The number of hydrogen-bond acceptors (Lipinski definition) is 1. The summed E-state index contributed by atoms with van der Waals surface area (Å²) in [5, 5.41) is 3.15. The van der Waals surface area contributed by atoms with Crippen LogP contribution >= 0.6 is 24.0 Å². The first-order valence-electron chi connectivity index (χ1n) is 6.94. The summed E-state index contributed by atoms with van der Waals surface area (Å²) in [6.07, 6.45) is 1.08. The summed E-state index contributed by atoms with van der Waals surface area (Å²) in [5.41, 5.74) is 9.52. The predicted octanol–water partition coefficient (Wildman–Crippen LogP) is 3.90. The predicted molar refractivity (Wildman–Crippen MR) is 99.4 cm³/mol. The van der Waals surface area contributed by atoms with Crippen LogP contribution in [0, 0.1) is 6.92 Å². The molecule has 110 valence electrons. The molecule has 1 fully saturated rings. The van der Waals surface area contributed by atoms with Gasteiger partial charge in [0.1, 0.15) is 0 Å². The summed E-state index contributed by atoms with van der Waals surface area (Å²) < 4.78 is 0. The summed E-state index contributed by atoms with van der Waals surface area (Å²) >= 11 is 0. The minimum atomic E-state index is 0. The van der Waals surface area contributed by atoms with E-state index in [-0.39, 0.29) is 24.0 Å². The average Bonchev–Trinajstić information content (AvgIpc) is 3.19. The van der Waals surface area contributed by atoms with Crippen LogP contribution in [0.4, 0.5) is 5.69 Å². The minimum absolute atomic E-state index is 0. The smallest absolute Gasteiger partial charge is 0.193 e. The number of benzene rings is 2. The van der Waals surface area contributed by atoms with Gasteiger partial charge in [0.2, 0.25) is 0 Å². The highest BCUT2D eigenvalue weighted by Crippen LogP contribution is 2.43. The van der Waals surface area contributed by atoms with Crippen molar-refractivity contribution in [2.24, 2.45) is 10.7 Å². The van der Waals surface area contributed by atoms with Gasteiger partial charge in [-0.1, -0.05) is 42.5 Å². The third-order valence-corrected chi connectivity index (χ3v) is 3.58. The van der Waals surface area contributed by atoms with Gasteiger partial charge in [-0.25, -0.2) is 4.99 Å². The van der Waals surface area contributed by atoms with Gasteiger partial charge in [0.25, 0.3) is 0 Å². The van der Waals surface area contributed by atoms with E-state index in [1.165, 1.54) is 11.1 Å². The standard InChI is InChI=1S/C17H19N3.HI/c1-12-6-5-9-14(10-12)19-17(18)20-16-11-15(16)13-7-3-2-4-8-13;/h2-10,15-16H,11H2,1H3,(H3,18,19,20);1H. The number of nitrogens with zero attached hydrogens (tertiary/aromatic N) is 1. The van der Waals surface area contributed by atoms with Gasteiger partial charge in [-0.05, 0) is 36.6 Å². The van der Waals surface area contributed by atoms with Crippen LogP contribution in [0.25, 0.3) is 0 Å². The normalized spacial score (nSPS) is 20.5. The molecule has 0 aliphatic heterocycles. The van der Waals surface area contributed by atoms with Crippen molar-refractivity contribution in [1.82, 2.24) is 0 Å². The third-order valence-electron chi connectivity index (χ3n) is 3.58. The van der Waals surface area contributed by atoms with Crippen LogP contribution in [0.15, 0.2) is 59.6 Å². The topological polar surface area (TPSA) is 50.4 Å². The van der Waals surface area contributed by atoms with Crippen molar-refractivity contribution in [1.29, 1.82) is 0 Å². The number of aryl methyl sites for hydroxylation is 1. The number of nitrogens with two attached hydrogens (primary N) is 1. The molecule has 0 amide bonds. The minimum Gasteiger partial charge on any atom is -0.370 e. The Morgan fingerprint density at radius 3 is 2.62 bits per heavy atom. The number of hydrogen-bond donors (Lipinski definition) is 2. The van der Waals surface area contributed by atoms with Crippen molar-refractivity contribution in [3.63, 3.8) is 0 Å². The lowest BCUT2D eigenvalue weighted by atomic mass is 10.1. The van der Waals surface area contributed by atoms with Crippen molar-refractivity contribution in [3.8, 4) is 0 Å². The number of nitrogens with one attached hydrogen (secondary N) is 1. The molecule has 1 saturated carbocycles. The molecule has 21 heavy (non-hydrogen) atoms. The molecule has 2 atom stereocenters. The fraction of sp³-hybridized carbons (Fsp3) is 0.235. The number of halogens is 1. The number of aliphatic imine (C=N–C) groups is 1. The molecule has 3 rings (SSSR count). The van der Waals surface area contributed by atoms with Gasteiger partial charge in [-0.2, -0.15) is 0 Å². The molecular weight excluding hydrogens is 373 g/mol. The van der Waals surface area contributed by atoms with Crippen LogP contribution in [0.2, 0.25) is 0 Å². The molecule has 0 saturated heterocycles. The molecule has 1 aliphatic carbocycles. The van der Waals surface area contributed by atoms with E-state index in [2.05, 4.69) is 53.6 Å². The number of rotatable bonds is 3.